The summed E-state index contributed by atoms with van der Waals surface area (Å²) in [5, 5.41) is 0. The molecule has 2 aliphatic rings. The van der Waals surface area contributed by atoms with Gasteiger partial charge in [-0.1, -0.05) is 19.3 Å². The highest BCUT2D eigenvalue weighted by Gasteiger charge is 2.34. The van der Waals surface area contributed by atoms with E-state index in [4.69, 9.17) is 4.65 Å². The molecule has 0 aromatic heterocycles. The summed E-state index contributed by atoms with van der Waals surface area (Å²) in [6, 6.07) is 0. The average molecular weight is 152 g/mol. The van der Waals surface area contributed by atoms with Crippen LogP contribution in [0.5, 0.6) is 0 Å². The van der Waals surface area contributed by atoms with Gasteiger partial charge in [0.1, 0.15) is 0 Å². The number of rotatable bonds is 1. The Labute approximate surface area is 69.6 Å². The first-order valence-electron chi connectivity index (χ1n) is 4.91. The molecule has 1 heterocycles. The lowest BCUT2D eigenvalue weighted by atomic mass is 9.47. The minimum absolute atomic E-state index is 0.596. The molecule has 62 valence electrons. The molecule has 1 aliphatic carbocycles. The standard InChI is InChI=1S/C9H17BO/c1-11-10-6-8-3-2-4-9(5-8)7-10/h8-9H,2-7H2,1H3. The summed E-state index contributed by atoms with van der Waals surface area (Å²) in [6.45, 7) is 0.596. The van der Waals surface area contributed by atoms with Crippen molar-refractivity contribution in [3.63, 3.8) is 0 Å². The van der Waals surface area contributed by atoms with Crippen molar-refractivity contribution >= 4 is 6.92 Å². The lowest BCUT2D eigenvalue weighted by Crippen LogP contribution is -2.32. The van der Waals surface area contributed by atoms with E-state index in [2.05, 4.69) is 0 Å². The molecule has 0 amide bonds. The summed E-state index contributed by atoms with van der Waals surface area (Å²) in [5.41, 5.74) is 0. The van der Waals surface area contributed by atoms with Crippen LogP contribution in [0.2, 0.25) is 12.6 Å². The Balaban J connectivity index is 1.94. The highest BCUT2D eigenvalue weighted by molar-refractivity contribution is 6.52. The Kier molecular flexibility index (Phi) is 2.21. The molecule has 1 saturated heterocycles. The van der Waals surface area contributed by atoms with Crippen LogP contribution in [0.15, 0.2) is 0 Å². The summed E-state index contributed by atoms with van der Waals surface area (Å²) >= 11 is 0. The number of hydrogen-bond donors (Lipinski definition) is 0. The molecule has 1 aliphatic heterocycles. The van der Waals surface area contributed by atoms with E-state index in [9.17, 15) is 0 Å². The van der Waals surface area contributed by atoms with Gasteiger partial charge in [0.05, 0.1) is 0 Å². The molecule has 2 rings (SSSR count). The van der Waals surface area contributed by atoms with Crippen LogP contribution < -0.4 is 0 Å². The van der Waals surface area contributed by atoms with E-state index in [1.807, 2.05) is 7.11 Å². The maximum absolute atomic E-state index is 5.43. The Bertz CT molecular complexity index is 126. The van der Waals surface area contributed by atoms with Crippen molar-refractivity contribution in [2.24, 2.45) is 11.8 Å². The quantitative estimate of drug-likeness (QED) is 0.524. The van der Waals surface area contributed by atoms with Gasteiger partial charge in [-0.25, -0.2) is 0 Å². The lowest BCUT2D eigenvalue weighted by Gasteiger charge is -2.36. The SMILES string of the molecule is COB1CC2CCCC(C1)C2. The molecular weight excluding hydrogens is 135 g/mol. The van der Waals surface area contributed by atoms with Crippen molar-refractivity contribution in [3.05, 3.63) is 0 Å². The molecular formula is C9H17BO. The van der Waals surface area contributed by atoms with Crippen molar-refractivity contribution in [3.8, 4) is 0 Å². The van der Waals surface area contributed by atoms with Gasteiger partial charge in [-0.2, -0.15) is 0 Å². The minimum atomic E-state index is 0.596. The second-order valence-electron chi connectivity index (χ2n) is 4.23. The molecule has 2 atom stereocenters. The van der Waals surface area contributed by atoms with E-state index in [1.165, 1.54) is 38.3 Å². The van der Waals surface area contributed by atoms with E-state index in [0.29, 0.717) is 6.92 Å². The van der Waals surface area contributed by atoms with Gasteiger partial charge in [-0.3, -0.25) is 0 Å². The highest BCUT2D eigenvalue weighted by atomic mass is 16.4. The van der Waals surface area contributed by atoms with Gasteiger partial charge in [0.15, 0.2) is 0 Å². The maximum Gasteiger partial charge on any atom is 0.293 e. The Morgan fingerprint density at radius 3 is 2.36 bits per heavy atom. The van der Waals surface area contributed by atoms with Gasteiger partial charge in [0.2, 0.25) is 0 Å². The van der Waals surface area contributed by atoms with E-state index < -0.39 is 0 Å². The molecule has 2 fully saturated rings. The van der Waals surface area contributed by atoms with Crippen LogP contribution in [-0.2, 0) is 4.65 Å². The van der Waals surface area contributed by atoms with Gasteiger partial charge in [-0.05, 0) is 30.9 Å². The first-order chi connectivity index (χ1) is 5.38. The van der Waals surface area contributed by atoms with Gasteiger partial charge >= 0.3 is 0 Å². The molecule has 11 heavy (non-hydrogen) atoms. The maximum atomic E-state index is 5.43. The molecule has 0 N–H and O–H groups in total. The predicted octanol–water partition coefficient (Wildman–Crippen LogP) is 2.44. The first-order valence-corrected chi connectivity index (χ1v) is 4.91. The Morgan fingerprint density at radius 1 is 1.18 bits per heavy atom. The fourth-order valence-corrected chi connectivity index (χ4v) is 2.86. The minimum Gasteiger partial charge on any atom is -0.438 e. The first kappa shape index (κ1) is 7.66. The summed E-state index contributed by atoms with van der Waals surface area (Å²) in [6.07, 6.45) is 8.60. The van der Waals surface area contributed by atoms with Crippen LogP contribution in [0.3, 0.4) is 0 Å². The molecule has 1 saturated carbocycles. The molecule has 2 bridgehead atoms. The van der Waals surface area contributed by atoms with Gasteiger partial charge in [0.25, 0.3) is 6.92 Å². The van der Waals surface area contributed by atoms with Gasteiger partial charge in [0, 0.05) is 7.11 Å². The van der Waals surface area contributed by atoms with E-state index in [1.54, 1.807) is 0 Å². The zero-order valence-electron chi connectivity index (χ0n) is 7.38. The van der Waals surface area contributed by atoms with Crippen LogP contribution in [0, 0.1) is 11.8 Å². The number of hydrogen-bond acceptors (Lipinski definition) is 1. The van der Waals surface area contributed by atoms with E-state index in [0.717, 1.165) is 11.8 Å². The van der Waals surface area contributed by atoms with Crippen molar-refractivity contribution in [2.45, 2.75) is 38.3 Å². The Hall–Kier alpha value is 0.0249. The normalized spacial score (nSPS) is 37.4. The summed E-state index contributed by atoms with van der Waals surface area (Å²) < 4.78 is 5.43. The van der Waals surface area contributed by atoms with Crippen LogP contribution in [0.1, 0.15) is 25.7 Å². The van der Waals surface area contributed by atoms with Crippen LogP contribution in [-0.4, -0.2) is 14.0 Å². The largest absolute Gasteiger partial charge is 0.438 e. The second-order valence-corrected chi connectivity index (χ2v) is 4.23. The zero-order valence-corrected chi connectivity index (χ0v) is 7.38. The molecule has 1 nitrogen and oxygen atoms in total. The van der Waals surface area contributed by atoms with E-state index in [-0.39, 0.29) is 0 Å². The summed E-state index contributed by atoms with van der Waals surface area (Å²) in [4.78, 5) is 0. The second kappa shape index (κ2) is 3.18. The molecule has 2 heteroatoms. The molecule has 0 aromatic rings. The van der Waals surface area contributed by atoms with Crippen molar-refractivity contribution in [1.29, 1.82) is 0 Å². The lowest BCUT2D eigenvalue weighted by molar-refractivity contribution is 0.256. The third kappa shape index (κ3) is 1.61. The highest BCUT2D eigenvalue weighted by Crippen LogP contribution is 2.40. The molecule has 0 radical (unpaired) electrons. The molecule has 2 unspecified atom stereocenters. The zero-order chi connectivity index (χ0) is 7.68. The monoisotopic (exact) mass is 152 g/mol. The predicted molar refractivity (Wildman–Crippen MR) is 47.8 cm³/mol. The van der Waals surface area contributed by atoms with Crippen LogP contribution in [0.4, 0.5) is 0 Å². The van der Waals surface area contributed by atoms with Crippen molar-refractivity contribution in [2.75, 3.05) is 7.11 Å². The van der Waals surface area contributed by atoms with Gasteiger partial charge < -0.3 is 4.65 Å². The third-order valence-corrected chi connectivity index (χ3v) is 3.42. The Morgan fingerprint density at radius 2 is 1.82 bits per heavy atom. The van der Waals surface area contributed by atoms with Gasteiger partial charge in [-0.15, -0.1) is 0 Å². The smallest absolute Gasteiger partial charge is 0.293 e. The fourth-order valence-electron chi connectivity index (χ4n) is 2.86. The third-order valence-electron chi connectivity index (χ3n) is 3.42. The number of fused-ring (bicyclic) bond motifs is 2. The molecule has 0 aromatic carbocycles. The molecule has 0 spiro atoms. The topological polar surface area (TPSA) is 9.23 Å². The average Bonchev–Trinajstić information content (AvgIpc) is 2.03. The van der Waals surface area contributed by atoms with E-state index >= 15 is 0 Å². The van der Waals surface area contributed by atoms with Crippen LogP contribution >= 0.6 is 0 Å². The summed E-state index contributed by atoms with van der Waals surface area (Å²) in [7, 11) is 1.87. The fraction of sp³-hybridized carbons (Fsp3) is 1.00. The van der Waals surface area contributed by atoms with Crippen molar-refractivity contribution < 1.29 is 4.65 Å². The van der Waals surface area contributed by atoms with Crippen molar-refractivity contribution in [1.82, 2.24) is 0 Å². The van der Waals surface area contributed by atoms with Crippen LogP contribution in [0.25, 0.3) is 0 Å². The summed E-state index contributed by atoms with van der Waals surface area (Å²) in [5.74, 6) is 2.01.